The number of hydrogen-bond acceptors (Lipinski definition) is 2. The van der Waals surface area contributed by atoms with Crippen LogP contribution in [0.3, 0.4) is 0 Å². The van der Waals surface area contributed by atoms with Gasteiger partial charge in [0.1, 0.15) is 0 Å². The van der Waals surface area contributed by atoms with Crippen LogP contribution in [-0.2, 0) is 4.57 Å². The number of rotatable bonds is 5. The minimum absolute atomic E-state index is 0.147. The molecule has 0 bridgehead atoms. The molecule has 0 aliphatic heterocycles. The predicted octanol–water partition coefficient (Wildman–Crippen LogP) is 3.58. The van der Waals surface area contributed by atoms with Crippen LogP contribution in [0, 0.1) is 6.92 Å². The molecule has 0 spiro atoms. The molecule has 0 aromatic heterocycles. The first-order valence-corrected chi connectivity index (χ1v) is 8.31. The summed E-state index contributed by atoms with van der Waals surface area (Å²) >= 11 is 0. The van der Waals surface area contributed by atoms with Gasteiger partial charge in [0.2, 0.25) is 0 Å². The molecule has 0 saturated carbocycles. The molecule has 16 heavy (non-hydrogen) atoms. The molecule has 0 unspecified atom stereocenters. The van der Waals surface area contributed by atoms with Crippen LogP contribution in [0.1, 0.15) is 28.8 Å². The van der Waals surface area contributed by atoms with Crippen LogP contribution in [0.25, 0.3) is 0 Å². The first kappa shape index (κ1) is 13.2. The van der Waals surface area contributed by atoms with Crippen LogP contribution in [0.4, 0.5) is 0 Å². The van der Waals surface area contributed by atoms with E-state index in [0.29, 0.717) is 12.6 Å². The lowest BCUT2D eigenvalue weighted by molar-refractivity contribution is 0.0982. The van der Waals surface area contributed by atoms with Crippen LogP contribution in [0.5, 0.6) is 0 Å². The predicted molar refractivity (Wildman–Crippen MR) is 69.1 cm³/mol. The van der Waals surface area contributed by atoms with E-state index in [4.69, 9.17) is 0 Å². The van der Waals surface area contributed by atoms with Crippen molar-refractivity contribution in [3.05, 3.63) is 35.4 Å². The maximum absolute atomic E-state index is 11.8. The molecule has 0 aliphatic carbocycles. The zero-order valence-electron chi connectivity index (χ0n) is 10.2. The quantitative estimate of drug-likeness (QED) is 0.580. The number of Topliss-reactive ketones (excluding diaryl/α,β-unsaturated/α-hetero) is 1. The van der Waals surface area contributed by atoms with E-state index in [-0.39, 0.29) is 5.78 Å². The molecule has 0 N–H and O–H groups in total. The molecule has 0 fully saturated rings. The van der Waals surface area contributed by atoms with Gasteiger partial charge in [-0.15, -0.1) is 0 Å². The second-order valence-electron chi connectivity index (χ2n) is 4.69. The van der Waals surface area contributed by atoms with Gasteiger partial charge < -0.3 is 4.57 Å². The second-order valence-corrected chi connectivity index (χ2v) is 8.29. The van der Waals surface area contributed by atoms with Crippen LogP contribution in [0.15, 0.2) is 24.3 Å². The van der Waals surface area contributed by atoms with Gasteiger partial charge in [-0.2, -0.15) is 0 Å². The van der Waals surface area contributed by atoms with Crippen molar-refractivity contribution in [3.63, 3.8) is 0 Å². The van der Waals surface area contributed by atoms with Gasteiger partial charge in [0, 0.05) is 18.1 Å². The van der Waals surface area contributed by atoms with E-state index in [1.807, 2.05) is 31.2 Å². The van der Waals surface area contributed by atoms with E-state index in [1.165, 1.54) is 0 Å². The van der Waals surface area contributed by atoms with E-state index in [2.05, 4.69) is 0 Å². The standard InChI is InChI=1S/C13H19O2P/c1-11-6-8-12(9-7-11)13(14)5-4-10-16(2,3)15/h6-9H,4-5,10H2,1-3H3. The summed E-state index contributed by atoms with van der Waals surface area (Å²) < 4.78 is 11.5. The van der Waals surface area contributed by atoms with Crippen molar-refractivity contribution in [1.82, 2.24) is 0 Å². The van der Waals surface area contributed by atoms with Gasteiger partial charge in [-0.1, -0.05) is 29.8 Å². The third-order valence-electron chi connectivity index (χ3n) is 2.47. The zero-order chi connectivity index (χ0) is 12.2. The Bertz CT molecular complexity index is 400. The molecular formula is C13H19O2P. The Labute approximate surface area is 97.4 Å². The summed E-state index contributed by atoms with van der Waals surface area (Å²) in [5.41, 5.74) is 1.91. The second kappa shape index (κ2) is 5.45. The minimum Gasteiger partial charge on any atom is -0.324 e. The molecule has 0 radical (unpaired) electrons. The number of hydrogen-bond donors (Lipinski definition) is 0. The molecule has 0 heterocycles. The van der Waals surface area contributed by atoms with Crippen LogP contribution in [-0.4, -0.2) is 25.3 Å². The first-order valence-electron chi connectivity index (χ1n) is 5.52. The van der Waals surface area contributed by atoms with E-state index in [1.54, 1.807) is 13.3 Å². The Morgan fingerprint density at radius 2 is 1.75 bits per heavy atom. The summed E-state index contributed by atoms with van der Waals surface area (Å²) in [5, 5.41) is 0. The van der Waals surface area contributed by atoms with E-state index in [9.17, 15) is 9.36 Å². The normalized spacial score (nSPS) is 11.4. The number of ketones is 1. The monoisotopic (exact) mass is 238 g/mol. The third-order valence-corrected chi connectivity index (χ3v) is 3.87. The Hall–Kier alpha value is -0.880. The van der Waals surface area contributed by atoms with Crippen LogP contribution >= 0.6 is 7.14 Å². The van der Waals surface area contributed by atoms with Gasteiger partial charge in [0.15, 0.2) is 5.78 Å². The molecule has 2 nitrogen and oxygen atoms in total. The highest BCUT2D eigenvalue weighted by atomic mass is 31.2. The van der Waals surface area contributed by atoms with Gasteiger partial charge in [0.25, 0.3) is 0 Å². The summed E-state index contributed by atoms with van der Waals surface area (Å²) in [5.74, 6) is 0.147. The molecule has 0 atom stereocenters. The average Bonchev–Trinajstić information content (AvgIpc) is 2.16. The van der Waals surface area contributed by atoms with Crippen molar-refractivity contribution in [2.75, 3.05) is 19.5 Å². The van der Waals surface area contributed by atoms with Gasteiger partial charge in [-0.05, 0) is 26.7 Å². The fourth-order valence-electron chi connectivity index (χ4n) is 1.50. The zero-order valence-corrected chi connectivity index (χ0v) is 11.1. The summed E-state index contributed by atoms with van der Waals surface area (Å²) in [6, 6.07) is 7.60. The Balaban J connectivity index is 2.47. The van der Waals surface area contributed by atoms with Crippen molar-refractivity contribution in [2.24, 2.45) is 0 Å². The van der Waals surface area contributed by atoms with Crippen molar-refractivity contribution < 1.29 is 9.36 Å². The summed E-state index contributed by atoms with van der Waals surface area (Å²) in [7, 11) is -1.97. The van der Waals surface area contributed by atoms with E-state index >= 15 is 0 Å². The van der Waals surface area contributed by atoms with Crippen molar-refractivity contribution in [3.8, 4) is 0 Å². The van der Waals surface area contributed by atoms with Crippen molar-refractivity contribution in [2.45, 2.75) is 19.8 Å². The number of carbonyl (C=O) groups is 1. The molecule has 1 rings (SSSR count). The lowest BCUT2D eigenvalue weighted by Gasteiger charge is -2.05. The highest BCUT2D eigenvalue weighted by molar-refractivity contribution is 7.62. The highest BCUT2D eigenvalue weighted by Crippen LogP contribution is 2.36. The maximum atomic E-state index is 11.8. The van der Waals surface area contributed by atoms with Gasteiger partial charge >= 0.3 is 0 Å². The average molecular weight is 238 g/mol. The smallest absolute Gasteiger partial charge is 0.162 e. The Morgan fingerprint density at radius 1 is 1.19 bits per heavy atom. The molecule has 0 saturated heterocycles. The topological polar surface area (TPSA) is 34.1 Å². The Morgan fingerprint density at radius 3 is 2.25 bits per heavy atom. The lowest BCUT2D eigenvalue weighted by Crippen LogP contribution is -2.00. The number of aryl methyl sites for hydroxylation is 1. The number of benzene rings is 1. The lowest BCUT2D eigenvalue weighted by atomic mass is 10.1. The molecule has 0 aliphatic rings. The summed E-state index contributed by atoms with van der Waals surface area (Å²) in [6.07, 6.45) is 1.87. The third kappa shape index (κ3) is 4.76. The molecule has 3 heteroatoms. The Kier molecular flexibility index (Phi) is 4.49. The molecule has 1 aromatic carbocycles. The fraction of sp³-hybridized carbons (Fsp3) is 0.462. The molecule has 0 amide bonds. The highest BCUT2D eigenvalue weighted by Gasteiger charge is 2.10. The minimum atomic E-state index is -1.97. The first-order chi connectivity index (χ1) is 7.38. The fourth-order valence-corrected chi connectivity index (χ4v) is 2.42. The van der Waals surface area contributed by atoms with E-state index in [0.717, 1.165) is 17.5 Å². The van der Waals surface area contributed by atoms with Crippen molar-refractivity contribution in [1.29, 1.82) is 0 Å². The van der Waals surface area contributed by atoms with Gasteiger partial charge in [-0.3, -0.25) is 4.79 Å². The summed E-state index contributed by atoms with van der Waals surface area (Å²) in [6.45, 7) is 5.53. The van der Waals surface area contributed by atoms with Crippen molar-refractivity contribution >= 4 is 12.9 Å². The van der Waals surface area contributed by atoms with Crippen LogP contribution < -0.4 is 0 Å². The summed E-state index contributed by atoms with van der Waals surface area (Å²) in [4.78, 5) is 11.8. The van der Waals surface area contributed by atoms with Gasteiger partial charge in [0.05, 0.1) is 7.14 Å². The van der Waals surface area contributed by atoms with Crippen LogP contribution in [0.2, 0.25) is 0 Å². The number of carbonyl (C=O) groups excluding carboxylic acids is 1. The van der Waals surface area contributed by atoms with Gasteiger partial charge in [-0.25, -0.2) is 0 Å². The largest absolute Gasteiger partial charge is 0.324 e. The molecule has 1 aromatic rings. The van der Waals surface area contributed by atoms with E-state index < -0.39 is 7.14 Å². The maximum Gasteiger partial charge on any atom is 0.162 e. The SMILES string of the molecule is Cc1ccc(C(=O)CCCP(C)(C)=O)cc1. The molecule has 88 valence electrons. The molecular weight excluding hydrogens is 219 g/mol.